The molecule has 0 bridgehead atoms. The van der Waals surface area contributed by atoms with Gasteiger partial charge in [0.2, 0.25) is 0 Å². The first-order valence-corrected chi connectivity index (χ1v) is 6.41. The summed E-state index contributed by atoms with van der Waals surface area (Å²) < 4.78 is 0. The molecule has 1 saturated heterocycles. The Morgan fingerprint density at radius 3 is 2.94 bits per heavy atom. The standard InChI is InChI=1S/C14H20N2/c1-11-9-15-10-14(11)16-8-4-6-12-5-2-3-7-13(12)16/h2-3,5,7,11,14-15H,4,6,8-10H2,1H3. The molecule has 3 rings (SSSR count). The summed E-state index contributed by atoms with van der Waals surface area (Å²) in [6.07, 6.45) is 2.56. The first kappa shape index (κ1) is 10.2. The minimum Gasteiger partial charge on any atom is -0.367 e. The van der Waals surface area contributed by atoms with E-state index in [0.29, 0.717) is 6.04 Å². The average molecular weight is 216 g/mol. The van der Waals surface area contributed by atoms with E-state index in [4.69, 9.17) is 0 Å². The van der Waals surface area contributed by atoms with Crippen LogP contribution in [0.5, 0.6) is 0 Å². The Kier molecular flexibility index (Phi) is 2.60. The number of nitrogens with zero attached hydrogens (tertiary/aromatic N) is 1. The lowest BCUT2D eigenvalue weighted by atomic mass is 9.96. The van der Waals surface area contributed by atoms with Crippen LogP contribution in [0.15, 0.2) is 24.3 Å². The molecule has 1 N–H and O–H groups in total. The molecule has 0 radical (unpaired) electrons. The fourth-order valence-corrected chi connectivity index (χ4v) is 3.12. The van der Waals surface area contributed by atoms with Gasteiger partial charge < -0.3 is 10.2 Å². The zero-order valence-corrected chi connectivity index (χ0v) is 9.95. The van der Waals surface area contributed by atoms with Crippen LogP contribution < -0.4 is 10.2 Å². The predicted octanol–water partition coefficient (Wildman–Crippen LogP) is 2.05. The highest BCUT2D eigenvalue weighted by Gasteiger charge is 2.31. The normalized spacial score (nSPS) is 29.2. The molecule has 16 heavy (non-hydrogen) atoms. The molecular formula is C14H20N2. The second-order valence-electron chi connectivity index (χ2n) is 5.13. The van der Waals surface area contributed by atoms with Gasteiger partial charge in [0.05, 0.1) is 0 Å². The highest BCUT2D eigenvalue weighted by molar-refractivity contribution is 5.56. The van der Waals surface area contributed by atoms with Gasteiger partial charge in [0, 0.05) is 24.8 Å². The number of nitrogens with one attached hydrogen (secondary N) is 1. The van der Waals surface area contributed by atoms with Gasteiger partial charge in [0.25, 0.3) is 0 Å². The summed E-state index contributed by atoms with van der Waals surface area (Å²) in [6.45, 7) is 5.91. The van der Waals surface area contributed by atoms with Crippen LogP contribution in [0.4, 0.5) is 5.69 Å². The Morgan fingerprint density at radius 1 is 1.25 bits per heavy atom. The van der Waals surface area contributed by atoms with Crippen molar-refractivity contribution in [2.24, 2.45) is 5.92 Å². The summed E-state index contributed by atoms with van der Waals surface area (Å²) in [6, 6.07) is 9.61. The second-order valence-corrected chi connectivity index (χ2v) is 5.13. The summed E-state index contributed by atoms with van der Waals surface area (Å²) in [4.78, 5) is 2.63. The molecule has 0 aromatic heterocycles. The van der Waals surface area contributed by atoms with Crippen LogP contribution in [-0.4, -0.2) is 25.7 Å². The quantitative estimate of drug-likeness (QED) is 0.773. The molecule has 2 heterocycles. The second kappa shape index (κ2) is 4.10. The topological polar surface area (TPSA) is 15.3 Å². The molecule has 2 heteroatoms. The van der Waals surface area contributed by atoms with Gasteiger partial charge in [-0.2, -0.15) is 0 Å². The SMILES string of the molecule is CC1CNCC1N1CCCc2ccccc21. The lowest BCUT2D eigenvalue weighted by Crippen LogP contribution is -2.43. The number of fused-ring (bicyclic) bond motifs is 1. The van der Waals surface area contributed by atoms with Crippen molar-refractivity contribution >= 4 is 5.69 Å². The van der Waals surface area contributed by atoms with E-state index in [2.05, 4.69) is 41.4 Å². The van der Waals surface area contributed by atoms with Gasteiger partial charge in [-0.05, 0) is 36.9 Å². The van der Waals surface area contributed by atoms with E-state index in [1.807, 2.05) is 0 Å². The van der Waals surface area contributed by atoms with E-state index in [1.54, 1.807) is 0 Å². The van der Waals surface area contributed by atoms with Gasteiger partial charge in [-0.25, -0.2) is 0 Å². The number of para-hydroxylation sites is 1. The summed E-state index contributed by atoms with van der Waals surface area (Å²) >= 11 is 0. The van der Waals surface area contributed by atoms with Crippen LogP contribution in [-0.2, 0) is 6.42 Å². The summed E-state index contributed by atoms with van der Waals surface area (Å²) in [5.74, 6) is 0.770. The van der Waals surface area contributed by atoms with Crippen molar-refractivity contribution in [2.75, 3.05) is 24.5 Å². The van der Waals surface area contributed by atoms with Crippen molar-refractivity contribution in [1.82, 2.24) is 5.32 Å². The molecule has 0 amide bonds. The monoisotopic (exact) mass is 216 g/mol. The zero-order chi connectivity index (χ0) is 11.0. The van der Waals surface area contributed by atoms with Crippen LogP contribution in [0.2, 0.25) is 0 Å². The number of hydrogen-bond donors (Lipinski definition) is 1. The Labute approximate surface area is 97.6 Å². The van der Waals surface area contributed by atoms with Crippen LogP contribution in [0.25, 0.3) is 0 Å². The van der Waals surface area contributed by atoms with Gasteiger partial charge in [-0.15, -0.1) is 0 Å². The third-order valence-corrected chi connectivity index (χ3v) is 4.02. The first-order valence-electron chi connectivity index (χ1n) is 6.41. The smallest absolute Gasteiger partial charge is 0.0452 e. The number of rotatable bonds is 1. The Bertz CT molecular complexity index is 375. The van der Waals surface area contributed by atoms with E-state index in [1.165, 1.54) is 37.2 Å². The van der Waals surface area contributed by atoms with Gasteiger partial charge in [-0.1, -0.05) is 25.1 Å². The third kappa shape index (κ3) is 1.61. The lowest BCUT2D eigenvalue weighted by Gasteiger charge is -2.37. The van der Waals surface area contributed by atoms with E-state index < -0.39 is 0 Å². The fourth-order valence-electron chi connectivity index (χ4n) is 3.12. The minimum atomic E-state index is 0.696. The molecule has 2 aliphatic heterocycles. The largest absolute Gasteiger partial charge is 0.367 e. The molecule has 2 atom stereocenters. The van der Waals surface area contributed by atoms with Crippen molar-refractivity contribution < 1.29 is 0 Å². The van der Waals surface area contributed by atoms with E-state index in [0.717, 1.165) is 12.5 Å². The third-order valence-electron chi connectivity index (χ3n) is 4.02. The lowest BCUT2D eigenvalue weighted by molar-refractivity contribution is 0.498. The molecule has 1 aromatic rings. The molecule has 86 valence electrons. The molecular weight excluding hydrogens is 196 g/mol. The van der Waals surface area contributed by atoms with Crippen molar-refractivity contribution in [1.29, 1.82) is 0 Å². The van der Waals surface area contributed by atoms with Crippen molar-refractivity contribution in [3.05, 3.63) is 29.8 Å². The highest BCUT2D eigenvalue weighted by Crippen LogP contribution is 2.31. The van der Waals surface area contributed by atoms with E-state index in [-0.39, 0.29) is 0 Å². The molecule has 1 fully saturated rings. The van der Waals surface area contributed by atoms with Gasteiger partial charge in [0.1, 0.15) is 0 Å². The van der Waals surface area contributed by atoms with E-state index in [9.17, 15) is 0 Å². The number of anilines is 1. The number of aryl methyl sites for hydroxylation is 1. The molecule has 2 aliphatic rings. The van der Waals surface area contributed by atoms with Gasteiger partial charge in [0.15, 0.2) is 0 Å². The van der Waals surface area contributed by atoms with Gasteiger partial charge >= 0.3 is 0 Å². The van der Waals surface area contributed by atoms with Crippen LogP contribution in [0.3, 0.4) is 0 Å². The Morgan fingerprint density at radius 2 is 2.12 bits per heavy atom. The molecule has 2 nitrogen and oxygen atoms in total. The molecule has 0 spiro atoms. The maximum Gasteiger partial charge on any atom is 0.0452 e. The zero-order valence-electron chi connectivity index (χ0n) is 9.95. The van der Waals surface area contributed by atoms with Crippen molar-refractivity contribution in [3.8, 4) is 0 Å². The first-order chi connectivity index (χ1) is 7.86. The molecule has 1 aromatic carbocycles. The maximum atomic E-state index is 3.51. The number of hydrogen-bond acceptors (Lipinski definition) is 2. The Balaban J connectivity index is 1.92. The predicted molar refractivity (Wildman–Crippen MR) is 67.9 cm³/mol. The highest BCUT2D eigenvalue weighted by atomic mass is 15.2. The molecule has 2 unspecified atom stereocenters. The number of benzene rings is 1. The van der Waals surface area contributed by atoms with Crippen LogP contribution in [0.1, 0.15) is 18.9 Å². The van der Waals surface area contributed by atoms with Crippen molar-refractivity contribution in [3.63, 3.8) is 0 Å². The van der Waals surface area contributed by atoms with Crippen LogP contribution >= 0.6 is 0 Å². The average Bonchev–Trinajstić information content (AvgIpc) is 2.75. The molecule has 0 aliphatic carbocycles. The van der Waals surface area contributed by atoms with Gasteiger partial charge in [-0.3, -0.25) is 0 Å². The summed E-state index contributed by atoms with van der Waals surface area (Å²) in [5, 5.41) is 3.51. The Hall–Kier alpha value is -1.02. The van der Waals surface area contributed by atoms with Crippen molar-refractivity contribution in [2.45, 2.75) is 25.8 Å². The summed E-state index contributed by atoms with van der Waals surface area (Å²) in [5.41, 5.74) is 3.02. The minimum absolute atomic E-state index is 0.696. The summed E-state index contributed by atoms with van der Waals surface area (Å²) in [7, 11) is 0. The van der Waals surface area contributed by atoms with E-state index >= 15 is 0 Å². The van der Waals surface area contributed by atoms with Crippen LogP contribution in [0, 0.1) is 5.92 Å². The molecule has 0 saturated carbocycles. The fraction of sp³-hybridized carbons (Fsp3) is 0.571. The maximum absolute atomic E-state index is 3.51.